The Labute approximate surface area is 254 Å². The second-order valence-electron chi connectivity index (χ2n) is 9.80. The van der Waals surface area contributed by atoms with E-state index in [1.165, 1.54) is 52.0 Å². The van der Waals surface area contributed by atoms with Crippen molar-refractivity contribution in [1.29, 1.82) is 0 Å². The maximum atomic E-state index is 11.2. The van der Waals surface area contributed by atoms with Crippen LogP contribution in [0.5, 0.6) is 34.5 Å². The minimum absolute atomic E-state index is 0. The van der Waals surface area contributed by atoms with E-state index in [0.717, 1.165) is 17.8 Å². The van der Waals surface area contributed by atoms with Gasteiger partial charge in [0.15, 0.2) is 35.6 Å². The lowest BCUT2D eigenvalue weighted by atomic mass is 10.0. The molecule has 2 fully saturated rings. The van der Waals surface area contributed by atoms with Gasteiger partial charge in [-0.3, -0.25) is 9.59 Å². The number of phenols is 1. The summed E-state index contributed by atoms with van der Waals surface area (Å²) in [5, 5.41) is 9.37. The van der Waals surface area contributed by atoms with Crippen molar-refractivity contribution < 1.29 is 47.9 Å². The summed E-state index contributed by atoms with van der Waals surface area (Å²) in [5.74, 6) is 3.53. The summed E-state index contributed by atoms with van der Waals surface area (Å²) >= 11 is 0. The van der Waals surface area contributed by atoms with Crippen molar-refractivity contribution in [3.8, 4) is 34.5 Å². The van der Waals surface area contributed by atoms with Gasteiger partial charge in [0, 0.05) is 30.9 Å². The summed E-state index contributed by atoms with van der Waals surface area (Å²) in [5.41, 5.74) is 1.66. The molecular weight excluding hydrogens is 556 g/mol. The first kappa shape index (κ1) is 35.2. The molecule has 0 spiro atoms. The van der Waals surface area contributed by atoms with Crippen LogP contribution in [0.1, 0.15) is 59.4 Å². The van der Waals surface area contributed by atoms with E-state index in [1.807, 2.05) is 18.2 Å². The van der Waals surface area contributed by atoms with Crippen LogP contribution in [0.25, 0.3) is 6.08 Å². The molecule has 0 saturated heterocycles. The standard InChI is InChI=1S/C15H16O4.C9H10O4.C8H14O2.CH4/c1-17-13-7-10(8-16)11-5-6-12(9-3-4-9)19-14(11)15(13)18-2;1-12-8-4-6(5-10)3-7(11)9(8)13-2;1-9-8(10-2)6-5-7-3-4-7;/h5-9,12H,3-4H2,1-2H3;3-5,11H,1-2H3;5-8H,3-4H2,1-2H3;1H4/b;;6-5-;. The lowest BCUT2D eigenvalue weighted by molar-refractivity contribution is -0.0668. The normalized spacial score (nSPS) is 16.3. The fraction of sp³-hybridized carbons (Fsp3) is 0.455. The number of aldehydes is 2. The number of hydrogen-bond donors (Lipinski definition) is 1. The van der Waals surface area contributed by atoms with Crippen molar-refractivity contribution in [3.63, 3.8) is 0 Å². The monoisotopic (exact) mass is 600 g/mol. The van der Waals surface area contributed by atoms with Crippen molar-refractivity contribution >= 4 is 18.6 Å². The van der Waals surface area contributed by atoms with Gasteiger partial charge >= 0.3 is 0 Å². The Morgan fingerprint density at radius 2 is 1.47 bits per heavy atom. The van der Waals surface area contributed by atoms with Crippen molar-refractivity contribution in [2.75, 3.05) is 42.7 Å². The molecule has 10 heteroatoms. The van der Waals surface area contributed by atoms with Crippen molar-refractivity contribution in [2.45, 2.75) is 45.5 Å². The van der Waals surface area contributed by atoms with Crippen LogP contribution >= 0.6 is 0 Å². The largest absolute Gasteiger partial charge is 0.504 e. The molecule has 0 radical (unpaired) electrons. The first-order chi connectivity index (χ1) is 20.4. The van der Waals surface area contributed by atoms with Crippen LogP contribution in [-0.4, -0.2) is 72.7 Å². The molecule has 10 nitrogen and oxygen atoms in total. The summed E-state index contributed by atoms with van der Waals surface area (Å²) < 4.78 is 36.4. The Morgan fingerprint density at radius 3 is 1.95 bits per heavy atom. The number of allylic oxidation sites excluding steroid dienone is 1. The minimum Gasteiger partial charge on any atom is -0.504 e. The summed E-state index contributed by atoms with van der Waals surface area (Å²) in [6.07, 6.45) is 14.5. The second-order valence-corrected chi connectivity index (χ2v) is 9.80. The maximum Gasteiger partial charge on any atom is 0.203 e. The maximum absolute atomic E-state index is 11.2. The van der Waals surface area contributed by atoms with Gasteiger partial charge in [0.25, 0.3) is 0 Å². The predicted octanol–water partition coefficient (Wildman–Crippen LogP) is 6.13. The number of carbonyl (C=O) groups excluding carboxylic acids is 2. The zero-order valence-electron chi connectivity index (χ0n) is 25.0. The van der Waals surface area contributed by atoms with Crippen LogP contribution in [0.4, 0.5) is 0 Å². The lowest BCUT2D eigenvalue weighted by Crippen LogP contribution is -2.20. The summed E-state index contributed by atoms with van der Waals surface area (Å²) in [6.45, 7) is 0. The highest BCUT2D eigenvalue weighted by Crippen LogP contribution is 2.47. The lowest BCUT2D eigenvalue weighted by Gasteiger charge is -2.25. The molecular formula is C33H44O10. The minimum atomic E-state index is -0.152. The van der Waals surface area contributed by atoms with Gasteiger partial charge in [-0.1, -0.05) is 19.6 Å². The quantitative estimate of drug-likeness (QED) is 0.183. The Kier molecular flexibility index (Phi) is 14.1. The molecule has 2 aliphatic carbocycles. The highest BCUT2D eigenvalue weighted by atomic mass is 16.7. The van der Waals surface area contributed by atoms with E-state index in [4.69, 9.17) is 33.2 Å². The Morgan fingerprint density at radius 1 is 0.837 bits per heavy atom. The summed E-state index contributed by atoms with van der Waals surface area (Å²) in [4.78, 5) is 21.6. The number of phenolic OH excluding ortho intramolecular Hbond substituents is 1. The average Bonchev–Trinajstić information content (AvgIpc) is 3.95. The number of benzene rings is 2. The molecule has 2 aromatic carbocycles. The average molecular weight is 601 g/mol. The van der Waals surface area contributed by atoms with Crippen LogP contribution in [0.3, 0.4) is 0 Å². The van der Waals surface area contributed by atoms with Crippen LogP contribution in [-0.2, 0) is 9.47 Å². The topological polar surface area (TPSA) is 119 Å². The predicted molar refractivity (Wildman–Crippen MR) is 164 cm³/mol. The van der Waals surface area contributed by atoms with Crippen LogP contribution in [0.15, 0.2) is 36.4 Å². The fourth-order valence-corrected chi connectivity index (χ4v) is 4.25. The third kappa shape index (κ3) is 9.49. The Balaban J connectivity index is 0.000000236. The molecule has 2 saturated carbocycles. The second kappa shape index (κ2) is 17.2. The van der Waals surface area contributed by atoms with E-state index in [2.05, 4.69) is 6.08 Å². The zero-order chi connectivity index (χ0) is 30.6. The van der Waals surface area contributed by atoms with Gasteiger partial charge in [-0.15, -0.1) is 0 Å². The molecule has 43 heavy (non-hydrogen) atoms. The molecule has 0 aromatic heterocycles. The number of methoxy groups -OCH3 is 6. The Hall–Kier alpha value is -4.02. The third-order valence-electron chi connectivity index (χ3n) is 6.86. The van der Waals surface area contributed by atoms with E-state index in [1.54, 1.807) is 34.5 Å². The molecule has 5 rings (SSSR count). The molecule has 1 atom stereocenters. The SMILES string of the molecule is C.COC(/C=C\C1CC1)OC.COc1cc(C=O)c2c(c1OC)OC(C1CC1)C=C2.COc1cc(C=O)cc(O)c1OC. The van der Waals surface area contributed by atoms with Gasteiger partial charge in [0.2, 0.25) is 11.5 Å². The molecule has 1 aliphatic heterocycles. The first-order valence-corrected chi connectivity index (χ1v) is 13.6. The van der Waals surface area contributed by atoms with E-state index in [9.17, 15) is 14.7 Å². The number of ether oxygens (including phenoxy) is 7. The molecule has 1 N–H and O–H groups in total. The van der Waals surface area contributed by atoms with Gasteiger partial charge in [-0.05, 0) is 67.9 Å². The van der Waals surface area contributed by atoms with Crippen molar-refractivity contribution in [1.82, 2.24) is 0 Å². The number of aromatic hydroxyl groups is 1. The number of hydrogen-bond acceptors (Lipinski definition) is 10. The molecule has 236 valence electrons. The smallest absolute Gasteiger partial charge is 0.203 e. The van der Waals surface area contributed by atoms with Crippen molar-refractivity contribution in [3.05, 3.63) is 53.1 Å². The summed E-state index contributed by atoms with van der Waals surface area (Å²) in [6, 6.07) is 4.48. The number of rotatable bonds is 11. The van der Waals surface area contributed by atoms with Gasteiger partial charge in [0.1, 0.15) is 12.4 Å². The molecule has 3 aliphatic rings. The Bertz CT molecular complexity index is 1260. The van der Waals surface area contributed by atoms with Gasteiger partial charge in [-0.25, -0.2) is 0 Å². The molecule has 0 bridgehead atoms. The first-order valence-electron chi connectivity index (χ1n) is 13.6. The molecule has 1 unspecified atom stereocenters. The van der Waals surface area contributed by atoms with E-state index < -0.39 is 0 Å². The molecule has 0 amide bonds. The van der Waals surface area contributed by atoms with Crippen LogP contribution in [0.2, 0.25) is 0 Å². The molecule has 2 aromatic rings. The fourth-order valence-electron chi connectivity index (χ4n) is 4.25. The zero-order valence-corrected chi connectivity index (χ0v) is 25.0. The van der Waals surface area contributed by atoms with Gasteiger partial charge in [-0.2, -0.15) is 0 Å². The van der Waals surface area contributed by atoms with Crippen molar-refractivity contribution in [2.24, 2.45) is 11.8 Å². The highest BCUT2D eigenvalue weighted by molar-refractivity contribution is 5.87. The van der Waals surface area contributed by atoms with E-state index in [-0.39, 0.29) is 31.3 Å². The summed E-state index contributed by atoms with van der Waals surface area (Å²) in [7, 11) is 9.27. The third-order valence-corrected chi connectivity index (χ3v) is 6.86. The number of fused-ring (bicyclic) bond motifs is 1. The number of carbonyl (C=O) groups is 2. The highest BCUT2D eigenvalue weighted by Gasteiger charge is 2.35. The van der Waals surface area contributed by atoms with E-state index in [0.29, 0.717) is 46.3 Å². The van der Waals surface area contributed by atoms with Crippen LogP contribution in [0, 0.1) is 11.8 Å². The van der Waals surface area contributed by atoms with E-state index >= 15 is 0 Å². The van der Waals surface area contributed by atoms with Gasteiger partial charge in [0.05, 0.1) is 28.4 Å². The van der Waals surface area contributed by atoms with Crippen LogP contribution < -0.4 is 23.7 Å². The van der Waals surface area contributed by atoms with Gasteiger partial charge < -0.3 is 38.3 Å². The molecule has 1 heterocycles.